The smallest absolute Gasteiger partial charge is 0.0419 e. The SMILES string of the molecule is CC(C)C(C)(N)c1cccnc1. The summed E-state index contributed by atoms with van der Waals surface area (Å²) < 4.78 is 0. The minimum atomic E-state index is -0.270. The molecule has 0 aliphatic carbocycles. The molecule has 0 amide bonds. The summed E-state index contributed by atoms with van der Waals surface area (Å²) >= 11 is 0. The van der Waals surface area contributed by atoms with Crippen molar-refractivity contribution in [2.45, 2.75) is 26.3 Å². The molecule has 2 nitrogen and oxygen atoms in total. The second kappa shape index (κ2) is 3.23. The van der Waals surface area contributed by atoms with E-state index in [9.17, 15) is 0 Å². The fourth-order valence-corrected chi connectivity index (χ4v) is 1.01. The van der Waals surface area contributed by atoms with Gasteiger partial charge in [-0.2, -0.15) is 0 Å². The minimum absolute atomic E-state index is 0.270. The summed E-state index contributed by atoms with van der Waals surface area (Å²) in [5.74, 6) is 0.418. The third-order valence-corrected chi connectivity index (χ3v) is 2.48. The lowest BCUT2D eigenvalue weighted by molar-refractivity contribution is 0.349. The Hall–Kier alpha value is -0.890. The fourth-order valence-electron chi connectivity index (χ4n) is 1.01. The highest BCUT2D eigenvalue weighted by Crippen LogP contribution is 2.24. The van der Waals surface area contributed by atoms with E-state index in [-0.39, 0.29) is 5.54 Å². The van der Waals surface area contributed by atoms with E-state index in [0.29, 0.717) is 5.92 Å². The molecule has 1 atom stereocenters. The fraction of sp³-hybridized carbons (Fsp3) is 0.500. The maximum absolute atomic E-state index is 6.14. The van der Waals surface area contributed by atoms with Crippen LogP contribution in [0.3, 0.4) is 0 Å². The van der Waals surface area contributed by atoms with Gasteiger partial charge in [0.1, 0.15) is 0 Å². The van der Waals surface area contributed by atoms with Crippen LogP contribution in [0.5, 0.6) is 0 Å². The van der Waals surface area contributed by atoms with Gasteiger partial charge >= 0.3 is 0 Å². The predicted molar refractivity (Wildman–Crippen MR) is 50.6 cm³/mol. The number of hydrogen-bond acceptors (Lipinski definition) is 2. The van der Waals surface area contributed by atoms with Gasteiger partial charge in [0.05, 0.1) is 0 Å². The summed E-state index contributed by atoms with van der Waals surface area (Å²) in [5, 5.41) is 0. The number of rotatable bonds is 2. The lowest BCUT2D eigenvalue weighted by Gasteiger charge is -2.29. The van der Waals surface area contributed by atoms with Crippen molar-refractivity contribution in [3.63, 3.8) is 0 Å². The van der Waals surface area contributed by atoms with Crippen LogP contribution in [0.1, 0.15) is 26.3 Å². The summed E-state index contributed by atoms with van der Waals surface area (Å²) in [6.45, 7) is 6.27. The van der Waals surface area contributed by atoms with Crippen molar-refractivity contribution in [3.05, 3.63) is 30.1 Å². The van der Waals surface area contributed by atoms with Crippen molar-refractivity contribution in [3.8, 4) is 0 Å². The molecular weight excluding hydrogens is 148 g/mol. The van der Waals surface area contributed by atoms with Gasteiger partial charge in [-0.15, -0.1) is 0 Å². The van der Waals surface area contributed by atoms with Gasteiger partial charge < -0.3 is 5.73 Å². The third kappa shape index (κ3) is 1.64. The molecule has 66 valence electrons. The molecule has 1 heterocycles. The first-order valence-electron chi connectivity index (χ1n) is 4.24. The highest BCUT2D eigenvalue weighted by molar-refractivity contribution is 5.19. The molecule has 1 aromatic rings. The van der Waals surface area contributed by atoms with Crippen molar-refractivity contribution in [1.82, 2.24) is 4.98 Å². The molecule has 1 aromatic heterocycles. The van der Waals surface area contributed by atoms with E-state index in [1.54, 1.807) is 6.20 Å². The van der Waals surface area contributed by atoms with Gasteiger partial charge in [0.2, 0.25) is 0 Å². The van der Waals surface area contributed by atoms with Crippen LogP contribution in [0.4, 0.5) is 0 Å². The van der Waals surface area contributed by atoms with Crippen LogP contribution >= 0.6 is 0 Å². The van der Waals surface area contributed by atoms with Gasteiger partial charge in [-0.1, -0.05) is 19.9 Å². The van der Waals surface area contributed by atoms with E-state index < -0.39 is 0 Å². The average Bonchev–Trinajstić information content (AvgIpc) is 2.06. The Bertz CT molecular complexity index is 239. The Morgan fingerprint density at radius 2 is 2.17 bits per heavy atom. The Labute approximate surface area is 73.8 Å². The zero-order valence-corrected chi connectivity index (χ0v) is 7.91. The molecule has 12 heavy (non-hydrogen) atoms. The number of nitrogens with two attached hydrogens (primary N) is 1. The summed E-state index contributed by atoms with van der Waals surface area (Å²) in [5.41, 5.74) is 6.97. The van der Waals surface area contributed by atoms with Crippen LogP contribution in [0.25, 0.3) is 0 Å². The second-order valence-electron chi connectivity index (χ2n) is 3.68. The second-order valence-corrected chi connectivity index (χ2v) is 3.68. The highest BCUT2D eigenvalue weighted by atomic mass is 14.8. The van der Waals surface area contributed by atoms with Crippen LogP contribution in [-0.4, -0.2) is 4.98 Å². The zero-order valence-electron chi connectivity index (χ0n) is 7.91. The van der Waals surface area contributed by atoms with Gasteiger partial charge in [-0.3, -0.25) is 4.98 Å². The quantitative estimate of drug-likeness (QED) is 0.725. The van der Waals surface area contributed by atoms with Crippen LogP contribution in [0.15, 0.2) is 24.5 Å². The molecule has 0 bridgehead atoms. The van der Waals surface area contributed by atoms with Crippen molar-refractivity contribution in [1.29, 1.82) is 0 Å². The topological polar surface area (TPSA) is 38.9 Å². The van der Waals surface area contributed by atoms with Crippen LogP contribution in [0, 0.1) is 5.92 Å². The molecule has 0 aliphatic rings. The van der Waals surface area contributed by atoms with E-state index in [1.165, 1.54) is 0 Å². The van der Waals surface area contributed by atoms with Gasteiger partial charge in [0.25, 0.3) is 0 Å². The average molecular weight is 164 g/mol. The monoisotopic (exact) mass is 164 g/mol. The van der Waals surface area contributed by atoms with E-state index in [0.717, 1.165) is 5.56 Å². The van der Waals surface area contributed by atoms with Crippen molar-refractivity contribution in [2.75, 3.05) is 0 Å². The Balaban J connectivity index is 2.98. The van der Waals surface area contributed by atoms with Gasteiger partial charge in [-0.25, -0.2) is 0 Å². The molecule has 0 radical (unpaired) electrons. The molecule has 0 aromatic carbocycles. The number of nitrogens with zero attached hydrogens (tertiary/aromatic N) is 1. The Kier molecular flexibility index (Phi) is 2.48. The van der Waals surface area contributed by atoms with Crippen molar-refractivity contribution < 1.29 is 0 Å². The summed E-state index contributed by atoms with van der Waals surface area (Å²) in [7, 11) is 0. The zero-order chi connectivity index (χ0) is 9.19. The molecule has 0 fully saturated rings. The van der Waals surface area contributed by atoms with Crippen LogP contribution in [0.2, 0.25) is 0 Å². The summed E-state index contributed by atoms with van der Waals surface area (Å²) in [6.07, 6.45) is 3.60. The van der Waals surface area contributed by atoms with E-state index >= 15 is 0 Å². The summed E-state index contributed by atoms with van der Waals surface area (Å²) in [4.78, 5) is 4.05. The van der Waals surface area contributed by atoms with E-state index in [2.05, 4.69) is 18.8 Å². The van der Waals surface area contributed by atoms with Crippen molar-refractivity contribution in [2.24, 2.45) is 11.7 Å². The molecule has 0 spiro atoms. The molecule has 0 saturated carbocycles. The number of aromatic nitrogens is 1. The van der Waals surface area contributed by atoms with Gasteiger partial charge in [0.15, 0.2) is 0 Å². The maximum Gasteiger partial charge on any atom is 0.0419 e. The molecular formula is C10H16N2. The van der Waals surface area contributed by atoms with Gasteiger partial charge in [0, 0.05) is 17.9 Å². The van der Waals surface area contributed by atoms with E-state index in [4.69, 9.17) is 5.73 Å². The normalized spacial score (nSPS) is 16.1. The van der Waals surface area contributed by atoms with Crippen molar-refractivity contribution >= 4 is 0 Å². The highest BCUT2D eigenvalue weighted by Gasteiger charge is 2.24. The van der Waals surface area contributed by atoms with Crippen LogP contribution < -0.4 is 5.73 Å². The largest absolute Gasteiger partial charge is 0.321 e. The van der Waals surface area contributed by atoms with Crippen LogP contribution in [-0.2, 0) is 5.54 Å². The molecule has 1 unspecified atom stereocenters. The Morgan fingerprint density at radius 3 is 2.58 bits per heavy atom. The third-order valence-electron chi connectivity index (χ3n) is 2.48. The first-order valence-corrected chi connectivity index (χ1v) is 4.24. The van der Waals surface area contributed by atoms with Gasteiger partial charge in [-0.05, 0) is 24.5 Å². The Morgan fingerprint density at radius 1 is 1.50 bits per heavy atom. The molecule has 1 rings (SSSR count). The first kappa shape index (κ1) is 9.20. The molecule has 0 saturated heterocycles. The minimum Gasteiger partial charge on any atom is -0.321 e. The maximum atomic E-state index is 6.14. The number of hydrogen-bond donors (Lipinski definition) is 1. The predicted octanol–water partition coefficient (Wildman–Crippen LogP) is 1.91. The van der Waals surface area contributed by atoms with E-state index in [1.807, 2.05) is 25.3 Å². The first-order chi connectivity index (χ1) is 5.55. The standard InChI is InChI=1S/C10H16N2/c1-8(2)10(3,11)9-5-4-6-12-7-9/h4-8H,11H2,1-3H3. The molecule has 2 heteroatoms. The summed E-state index contributed by atoms with van der Waals surface area (Å²) in [6, 6.07) is 3.94. The molecule has 0 aliphatic heterocycles. The lowest BCUT2D eigenvalue weighted by atomic mass is 9.84. The number of pyridine rings is 1. The lowest BCUT2D eigenvalue weighted by Crippen LogP contribution is -2.38. The molecule has 2 N–H and O–H groups in total.